The number of hydrogen-bond donors (Lipinski definition) is 0. The number of likely N-dealkylation sites (tertiary alicyclic amines) is 1. The molecule has 0 aromatic carbocycles. The van der Waals surface area contributed by atoms with Gasteiger partial charge in [-0.15, -0.1) is 0 Å². The number of aryl methyl sites for hydroxylation is 1. The fourth-order valence-electron chi connectivity index (χ4n) is 1.68. The van der Waals surface area contributed by atoms with Crippen LogP contribution < -0.4 is 0 Å². The van der Waals surface area contributed by atoms with Crippen LogP contribution in [-0.4, -0.2) is 30.0 Å². The third kappa shape index (κ3) is 2.55. The lowest BCUT2D eigenvalue weighted by Gasteiger charge is -2.35. The van der Waals surface area contributed by atoms with Gasteiger partial charge in [-0.1, -0.05) is 19.9 Å². The van der Waals surface area contributed by atoms with E-state index < -0.39 is 0 Å². The molecular weight excluding hydrogens is 172 g/mol. The second kappa shape index (κ2) is 5.11. The minimum atomic E-state index is 0.676. The van der Waals surface area contributed by atoms with Gasteiger partial charge < -0.3 is 4.90 Å². The molecule has 0 aliphatic carbocycles. The first-order valence-electron chi connectivity index (χ1n) is 5.38. The molecule has 0 spiro atoms. The Balaban J connectivity index is 0.000000461. The maximum absolute atomic E-state index is 4.50. The fraction of sp³-hybridized carbons (Fsp3) is 0.583. The SMILES string of the molecule is CC.Cc1cccc(C2CN(C)C2)n1. The first-order chi connectivity index (χ1) is 6.75. The van der Waals surface area contributed by atoms with Crippen LogP contribution in [0.15, 0.2) is 18.2 Å². The Morgan fingerprint density at radius 3 is 2.43 bits per heavy atom. The average Bonchev–Trinajstić information content (AvgIpc) is 2.16. The molecule has 78 valence electrons. The molecule has 0 N–H and O–H groups in total. The standard InChI is InChI=1S/C10H14N2.C2H6/c1-8-4-3-5-10(11-8)9-6-12(2)7-9;1-2/h3-5,9H,6-7H2,1-2H3;1-2H3. The summed E-state index contributed by atoms with van der Waals surface area (Å²) in [6.45, 7) is 8.37. The van der Waals surface area contributed by atoms with E-state index in [9.17, 15) is 0 Å². The summed E-state index contributed by atoms with van der Waals surface area (Å²) in [6, 6.07) is 6.27. The van der Waals surface area contributed by atoms with Crippen LogP contribution in [0.4, 0.5) is 0 Å². The van der Waals surface area contributed by atoms with E-state index in [-0.39, 0.29) is 0 Å². The van der Waals surface area contributed by atoms with E-state index in [1.807, 2.05) is 26.8 Å². The van der Waals surface area contributed by atoms with Crippen LogP contribution in [0.25, 0.3) is 0 Å². The van der Waals surface area contributed by atoms with Crippen molar-refractivity contribution in [1.82, 2.24) is 9.88 Å². The van der Waals surface area contributed by atoms with Crippen molar-refractivity contribution in [1.29, 1.82) is 0 Å². The van der Waals surface area contributed by atoms with Gasteiger partial charge in [0.2, 0.25) is 0 Å². The summed E-state index contributed by atoms with van der Waals surface area (Å²) in [4.78, 5) is 6.82. The van der Waals surface area contributed by atoms with E-state index in [4.69, 9.17) is 0 Å². The van der Waals surface area contributed by atoms with Crippen molar-refractivity contribution in [2.24, 2.45) is 0 Å². The first-order valence-corrected chi connectivity index (χ1v) is 5.38. The molecule has 1 aromatic rings. The zero-order valence-corrected chi connectivity index (χ0v) is 9.62. The van der Waals surface area contributed by atoms with Crippen LogP contribution in [-0.2, 0) is 0 Å². The van der Waals surface area contributed by atoms with Gasteiger partial charge in [0.05, 0.1) is 0 Å². The molecule has 1 saturated heterocycles. The molecule has 0 amide bonds. The van der Waals surface area contributed by atoms with Gasteiger partial charge in [0.15, 0.2) is 0 Å². The topological polar surface area (TPSA) is 16.1 Å². The number of nitrogens with zero attached hydrogens (tertiary/aromatic N) is 2. The van der Waals surface area contributed by atoms with E-state index in [2.05, 4.69) is 29.1 Å². The minimum absolute atomic E-state index is 0.676. The number of likely N-dealkylation sites (N-methyl/N-ethyl adjacent to an activating group) is 1. The van der Waals surface area contributed by atoms with Crippen LogP contribution in [0.3, 0.4) is 0 Å². The molecule has 1 aliphatic heterocycles. The van der Waals surface area contributed by atoms with Crippen molar-refractivity contribution in [3.05, 3.63) is 29.6 Å². The molecule has 0 unspecified atom stereocenters. The number of rotatable bonds is 1. The van der Waals surface area contributed by atoms with Gasteiger partial charge in [-0.2, -0.15) is 0 Å². The van der Waals surface area contributed by atoms with Gasteiger partial charge in [0.1, 0.15) is 0 Å². The van der Waals surface area contributed by atoms with Crippen molar-refractivity contribution in [3.8, 4) is 0 Å². The Morgan fingerprint density at radius 1 is 1.29 bits per heavy atom. The van der Waals surface area contributed by atoms with Gasteiger partial charge in [-0.05, 0) is 26.1 Å². The van der Waals surface area contributed by atoms with Crippen molar-refractivity contribution in [2.45, 2.75) is 26.7 Å². The third-order valence-electron chi connectivity index (χ3n) is 2.39. The van der Waals surface area contributed by atoms with Crippen LogP contribution >= 0.6 is 0 Å². The Kier molecular flexibility index (Phi) is 4.08. The lowest BCUT2D eigenvalue weighted by Crippen LogP contribution is -2.42. The van der Waals surface area contributed by atoms with E-state index in [0.717, 1.165) is 18.8 Å². The Morgan fingerprint density at radius 2 is 1.93 bits per heavy atom. The first kappa shape index (κ1) is 11.2. The maximum Gasteiger partial charge on any atom is 0.0463 e. The molecule has 1 aliphatic rings. The number of pyridine rings is 1. The second-order valence-electron chi connectivity index (χ2n) is 3.62. The molecule has 1 fully saturated rings. The monoisotopic (exact) mass is 192 g/mol. The molecule has 0 atom stereocenters. The van der Waals surface area contributed by atoms with Crippen LogP contribution in [0.2, 0.25) is 0 Å². The van der Waals surface area contributed by atoms with E-state index in [1.165, 1.54) is 5.69 Å². The summed E-state index contributed by atoms with van der Waals surface area (Å²) in [6.07, 6.45) is 0. The summed E-state index contributed by atoms with van der Waals surface area (Å²) in [7, 11) is 2.15. The highest BCUT2D eigenvalue weighted by atomic mass is 15.2. The number of hydrogen-bond acceptors (Lipinski definition) is 2. The molecule has 2 rings (SSSR count). The lowest BCUT2D eigenvalue weighted by atomic mass is 9.96. The zero-order chi connectivity index (χ0) is 10.6. The molecule has 0 bridgehead atoms. The normalized spacial score (nSPS) is 16.9. The van der Waals surface area contributed by atoms with E-state index in [1.54, 1.807) is 0 Å². The molecule has 2 heteroatoms. The molecule has 1 aromatic heterocycles. The average molecular weight is 192 g/mol. The predicted octanol–water partition coefficient (Wildman–Crippen LogP) is 2.45. The van der Waals surface area contributed by atoms with Crippen molar-refractivity contribution >= 4 is 0 Å². The Bertz CT molecular complexity index is 277. The van der Waals surface area contributed by atoms with Crippen molar-refractivity contribution in [3.63, 3.8) is 0 Å². The summed E-state index contributed by atoms with van der Waals surface area (Å²) in [5.41, 5.74) is 2.38. The second-order valence-corrected chi connectivity index (χ2v) is 3.62. The molecular formula is C12H20N2. The highest BCUT2D eigenvalue weighted by molar-refractivity contribution is 5.17. The highest BCUT2D eigenvalue weighted by Crippen LogP contribution is 2.23. The molecule has 2 heterocycles. The predicted molar refractivity (Wildman–Crippen MR) is 60.6 cm³/mol. The van der Waals surface area contributed by atoms with Crippen LogP contribution in [0.1, 0.15) is 31.2 Å². The van der Waals surface area contributed by atoms with Gasteiger partial charge >= 0.3 is 0 Å². The summed E-state index contributed by atoms with van der Waals surface area (Å²) in [5.74, 6) is 0.676. The smallest absolute Gasteiger partial charge is 0.0463 e. The highest BCUT2D eigenvalue weighted by Gasteiger charge is 2.25. The molecule has 0 saturated carbocycles. The van der Waals surface area contributed by atoms with Gasteiger partial charge in [0.25, 0.3) is 0 Å². The molecule has 14 heavy (non-hydrogen) atoms. The van der Waals surface area contributed by atoms with Gasteiger partial charge in [0, 0.05) is 30.4 Å². The Labute approximate surface area is 87.0 Å². The van der Waals surface area contributed by atoms with Gasteiger partial charge in [-0.25, -0.2) is 0 Å². The summed E-state index contributed by atoms with van der Waals surface area (Å²) >= 11 is 0. The van der Waals surface area contributed by atoms with Crippen LogP contribution in [0.5, 0.6) is 0 Å². The van der Waals surface area contributed by atoms with Crippen LogP contribution in [0, 0.1) is 6.92 Å². The van der Waals surface area contributed by atoms with Crippen molar-refractivity contribution < 1.29 is 0 Å². The Hall–Kier alpha value is -0.890. The summed E-state index contributed by atoms with van der Waals surface area (Å²) < 4.78 is 0. The number of aromatic nitrogens is 1. The van der Waals surface area contributed by atoms with E-state index >= 15 is 0 Å². The third-order valence-corrected chi connectivity index (χ3v) is 2.39. The largest absolute Gasteiger partial charge is 0.305 e. The van der Waals surface area contributed by atoms with Gasteiger partial charge in [-0.3, -0.25) is 4.98 Å². The minimum Gasteiger partial charge on any atom is -0.305 e. The quantitative estimate of drug-likeness (QED) is 0.679. The molecule has 2 nitrogen and oxygen atoms in total. The maximum atomic E-state index is 4.50. The summed E-state index contributed by atoms with van der Waals surface area (Å²) in [5, 5.41) is 0. The van der Waals surface area contributed by atoms with Crippen molar-refractivity contribution in [2.75, 3.05) is 20.1 Å². The van der Waals surface area contributed by atoms with E-state index in [0.29, 0.717) is 5.92 Å². The zero-order valence-electron chi connectivity index (χ0n) is 9.62. The lowest BCUT2D eigenvalue weighted by molar-refractivity contribution is 0.186. The fourth-order valence-corrected chi connectivity index (χ4v) is 1.68. The molecule has 0 radical (unpaired) electrons.